The molecule has 0 spiro atoms. The second kappa shape index (κ2) is 5.92. The topological polar surface area (TPSA) is 58.6 Å². The number of amides is 1. The van der Waals surface area contributed by atoms with Crippen molar-refractivity contribution in [2.45, 2.75) is 31.2 Å². The summed E-state index contributed by atoms with van der Waals surface area (Å²) in [4.78, 5) is 12.3. The standard InChI is InChI=1S/C14H18BrNO3/c1-19-12-8-10(15)4-5-11(12)13(18)16-14(9-17)6-2-3-7-14/h4-5,8,17H,2-3,6-7,9H2,1H3,(H,16,18). The largest absolute Gasteiger partial charge is 0.496 e. The average molecular weight is 328 g/mol. The fourth-order valence-corrected chi connectivity index (χ4v) is 2.88. The number of aliphatic hydroxyl groups excluding tert-OH is 1. The zero-order chi connectivity index (χ0) is 13.9. The lowest BCUT2D eigenvalue weighted by atomic mass is 9.98. The summed E-state index contributed by atoms with van der Waals surface area (Å²) >= 11 is 3.35. The molecule has 1 aromatic rings. The number of benzene rings is 1. The minimum Gasteiger partial charge on any atom is -0.496 e. The molecule has 0 aliphatic heterocycles. The molecule has 1 saturated carbocycles. The Bertz CT molecular complexity index is 470. The van der Waals surface area contributed by atoms with Crippen molar-refractivity contribution in [1.82, 2.24) is 5.32 Å². The van der Waals surface area contributed by atoms with Gasteiger partial charge in [0.15, 0.2) is 0 Å². The maximum Gasteiger partial charge on any atom is 0.255 e. The highest BCUT2D eigenvalue weighted by Gasteiger charge is 2.35. The predicted octanol–water partition coefficient (Wildman–Crippen LogP) is 2.49. The van der Waals surface area contributed by atoms with Gasteiger partial charge >= 0.3 is 0 Å². The van der Waals surface area contributed by atoms with Crippen LogP contribution >= 0.6 is 15.9 Å². The molecule has 0 bridgehead atoms. The number of carbonyl (C=O) groups excluding carboxylic acids is 1. The summed E-state index contributed by atoms with van der Waals surface area (Å²) in [6, 6.07) is 5.28. The molecule has 2 rings (SSSR count). The van der Waals surface area contributed by atoms with Crippen molar-refractivity contribution in [2.75, 3.05) is 13.7 Å². The van der Waals surface area contributed by atoms with Crippen LogP contribution in [0.1, 0.15) is 36.0 Å². The fourth-order valence-electron chi connectivity index (χ4n) is 2.54. The molecular weight excluding hydrogens is 310 g/mol. The minimum atomic E-state index is -0.463. The van der Waals surface area contributed by atoms with Crippen LogP contribution in [0.3, 0.4) is 0 Å². The molecule has 1 aromatic carbocycles. The second-order valence-corrected chi connectivity index (χ2v) is 5.86. The van der Waals surface area contributed by atoms with Gasteiger partial charge in [0.1, 0.15) is 5.75 Å². The fraction of sp³-hybridized carbons (Fsp3) is 0.500. The SMILES string of the molecule is COc1cc(Br)ccc1C(=O)NC1(CO)CCCC1. The summed E-state index contributed by atoms with van der Waals surface area (Å²) in [6.07, 6.45) is 3.73. The second-order valence-electron chi connectivity index (χ2n) is 4.94. The molecular formula is C14H18BrNO3. The number of hydrogen-bond acceptors (Lipinski definition) is 3. The average Bonchev–Trinajstić information content (AvgIpc) is 2.87. The quantitative estimate of drug-likeness (QED) is 0.893. The van der Waals surface area contributed by atoms with E-state index < -0.39 is 5.54 Å². The maximum absolute atomic E-state index is 12.3. The van der Waals surface area contributed by atoms with Crippen LogP contribution in [-0.4, -0.2) is 30.3 Å². The van der Waals surface area contributed by atoms with Gasteiger partial charge in [0.05, 0.1) is 24.8 Å². The summed E-state index contributed by atoms with van der Waals surface area (Å²) in [5.74, 6) is 0.332. The molecule has 2 N–H and O–H groups in total. The first-order chi connectivity index (χ1) is 9.10. The van der Waals surface area contributed by atoms with E-state index in [1.54, 1.807) is 18.2 Å². The van der Waals surface area contributed by atoms with E-state index in [2.05, 4.69) is 21.2 Å². The summed E-state index contributed by atoms with van der Waals surface area (Å²) in [6.45, 7) is -0.0163. The number of ether oxygens (including phenoxy) is 1. The van der Waals surface area contributed by atoms with E-state index in [1.807, 2.05) is 0 Å². The number of hydrogen-bond donors (Lipinski definition) is 2. The number of nitrogens with one attached hydrogen (secondary N) is 1. The molecule has 0 unspecified atom stereocenters. The van der Waals surface area contributed by atoms with Crippen molar-refractivity contribution >= 4 is 21.8 Å². The smallest absolute Gasteiger partial charge is 0.255 e. The van der Waals surface area contributed by atoms with Gasteiger partial charge in [-0.2, -0.15) is 0 Å². The highest BCUT2D eigenvalue weighted by Crippen LogP contribution is 2.30. The number of rotatable bonds is 4. The molecule has 19 heavy (non-hydrogen) atoms. The summed E-state index contributed by atoms with van der Waals surface area (Å²) in [5.41, 5.74) is 0.0280. The van der Waals surface area contributed by atoms with Crippen LogP contribution in [0, 0.1) is 0 Å². The number of aliphatic hydroxyl groups is 1. The van der Waals surface area contributed by atoms with Crippen molar-refractivity contribution in [3.63, 3.8) is 0 Å². The van der Waals surface area contributed by atoms with E-state index in [-0.39, 0.29) is 12.5 Å². The number of halogens is 1. The van der Waals surface area contributed by atoms with E-state index in [9.17, 15) is 9.90 Å². The van der Waals surface area contributed by atoms with Gasteiger partial charge in [0, 0.05) is 4.47 Å². The predicted molar refractivity (Wildman–Crippen MR) is 76.4 cm³/mol. The van der Waals surface area contributed by atoms with Gasteiger partial charge in [-0.1, -0.05) is 28.8 Å². The molecule has 1 amide bonds. The van der Waals surface area contributed by atoms with Crippen molar-refractivity contribution in [3.05, 3.63) is 28.2 Å². The Balaban J connectivity index is 2.20. The third kappa shape index (κ3) is 3.09. The molecule has 0 heterocycles. The molecule has 1 aliphatic carbocycles. The van der Waals surface area contributed by atoms with Crippen molar-refractivity contribution in [3.8, 4) is 5.75 Å². The van der Waals surface area contributed by atoms with Gasteiger partial charge in [0.2, 0.25) is 0 Å². The first-order valence-corrected chi connectivity index (χ1v) is 7.16. The highest BCUT2D eigenvalue weighted by molar-refractivity contribution is 9.10. The lowest BCUT2D eigenvalue weighted by Crippen LogP contribution is -2.49. The normalized spacial score (nSPS) is 17.2. The Morgan fingerprint density at radius 1 is 1.47 bits per heavy atom. The molecule has 1 fully saturated rings. The number of methoxy groups -OCH3 is 1. The minimum absolute atomic E-state index is 0.0163. The Kier molecular flexibility index (Phi) is 4.47. The van der Waals surface area contributed by atoms with Gasteiger partial charge in [-0.25, -0.2) is 0 Å². The maximum atomic E-state index is 12.3. The molecule has 1 aliphatic rings. The zero-order valence-electron chi connectivity index (χ0n) is 10.9. The van der Waals surface area contributed by atoms with E-state index >= 15 is 0 Å². The summed E-state index contributed by atoms with van der Waals surface area (Å²) < 4.78 is 6.08. The molecule has 4 nitrogen and oxygen atoms in total. The van der Waals surface area contributed by atoms with Gasteiger partial charge in [-0.05, 0) is 31.0 Å². The Labute approximate surface area is 121 Å². The van der Waals surface area contributed by atoms with Crippen molar-refractivity contribution < 1.29 is 14.6 Å². The van der Waals surface area contributed by atoms with Gasteiger partial charge in [0.25, 0.3) is 5.91 Å². The lowest BCUT2D eigenvalue weighted by Gasteiger charge is -2.28. The van der Waals surface area contributed by atoms with Gasteiger partial charge in [-0.3, -0.25) is 4.79 Å². The first kappa shape index (κ1) is 14.3. The monoisotopic (exact) mass is 327 g/mol. The van der Waals surface area contributed by atoms with Gasteiger partial charge in [-0.15, -0.1) is 0 Å². The van der Waals surface area contributed by atoms with Gasteiger partial charge < -0.3 is 15.2 Å². The molecule has 0 aromatic heterocycles. The van der Waals surface area contributed by atoms with E-state index in [4.69, 9.17) is 4.74 Å². The molecule has 0 radical (unpaired) electrons. The van der Waals surface area contributed by atoms with Crippen LogP contribution in [0.4, 0.5) is 0 Å². The van der Waals surface area contributed by atoms with E-state index in [0.717, 1.165) is 30.2 Å². The van der Waals surface area contributed by atoms with Crippen molar-refractivity contribution in [1.29, 1.82) is 0 Å². The Morgan fingerprint density at radius 3 is 2.74 bits per heavy atom. The summed E-state index contributed by atoms with van der Waals surface area (Å²) in [5, 5.41) is 12.5. The lowest BCUT2D eigenvalue weighted by molar-refractivity contribution is 0.0835. The Morgan fingerprint density at radius 2 is 2.16 bits per heavy atom. The molecule has 5 heteroatoms. The van der Waals surface area contributed by atoms with Crippen LogP contribution in [-0.2, 0) is 0 Å². The molecule has 0 atom stereocenters. The first-order valence-electron chi connectivity index (χ1n) is 6.37. The van der Waals surface area contributed by atoms with Crippen LogP contribution in [0.5, 0.6) is 5.75 Å². The van der Waals surface area contributed by atoms with Crippen LogP contribution in [0.15, 0.2) is 22.7 Å². The third-order valence-electron chi connectivity index (χ3n) is 3.65. The summed E-state index contributed by atoms with van der Waals surface area (Å²) in [7, 11) is 1.54. The zero-order valence-corrected chi connectivity index (χ0v) is 12.5. The Hall–Kier alpha value is -1.07. The third-order valence-corrected chi connectivity index (χ3v) is 4.14. The highest BCUT2D eigenvalue weighted by atomic mass is 79.9. The molecule has 104 valence electrons. The number of carbonyl (C=O) groups is 1. The van der Waals surface area contributed by atoms with E-state index in [1.165, 1.54) is 7.11 Å². The molecule has 0 saturated heterocycles. The van der Waals surface area contributed by atoms with Crippen LogP contribution < -0.4 is 10.1 Å². The van der Waals surface area contributed by atoms with Crippen molar-refractivity contribution in [2.24, 2.45) is 0 Å². The van der Waals surface area contributed by atoms with Crippen LogP contribution in [0.2, 0.25) is 0 Å². The van der Waals surface area contributed by atoms with E-state index in [0.29, 0.717) is 11.3 Å². The van der Waals surface area contributed by atoms with Crippen LogP contribution in [0.25, 0.3) is 0 Å².